The summed E-state index contributed by atoms with van der Waals surface area (Å²) < 4.78 is 5.16. The number of nitrogens with two attached hydrogens (primary N) is 1. The highest BCUT2D eigenvalue weighted by molar-refractivity contribution is 5.03. The number of furan rings is 1. The lowest BCUT2D eigenvalue weighted by atomic mass is 10.2. The molecule has 0 radical (unpaired) electrons. The lowest BCUT2D eigenvalue weighted by molar-refractivity contribution is 0.483. The Balaban J connectivity index is 2.04. The summed E-state index contributed by atoms with van der Waals surface area (Å²) in [5, 5.41) is 6.45. The number of H-pyrrole nitrogens is 1. The van der Waals surface area contributed by atoms with E-state index in [2.05, 4.69) is 15.2 Å². The van der Waals surface area contributed by atoms with Gasteiger partial charge in [0.25, 0.3) is 0 Å². The molecule has 5 heteroatoms. The van der Waals surface area contributed by atoms with Gasteiger partial charge in [-0.15, -0.1) is 0 Å². The SMILES string of the molecule is NC(Cc1ccco1)c1ncn[nH]1. The lowest BCUT2D eigenvalue weighted by Crippen LogP contribution is -2.14. The smallest absolute Gasteiger partial charge is 0.141 e. The average molecular weight is 178 g/mol. The number of hydrogen-bond donors (Lipinski definition) is 2. The van der Waals surface area contributed by atoms with Gasteiger partial charge < -0.3 is 10.2 Å². The van der Waals surface area contributed by atoms with Crippen LogP contribution in [0.4, 0.5) is 0 Å². The summed E-state index contributed by atoms with van der Waals surface area (Å²) in [5.74, 6) is 1.53. The van der Waals surface area contributed by atoms with E-state index in [1.54, 1.807) is 6.26 Å². The summed E-state index contributed by atoms with van der Waals surface area (Å²) in [5.41, 5.74) is 5.84. The summed E-state index contributed by atoms with van der Waals surface area (Å²) in [6.07, 6.45) is 3.70. The van der Waals surface area contributed by atoms with E-state index < -0.39 is 0 Å². The van der Waals surface area contributed by atoms with E-state index in [4.69, 9.17) is 10.2 Å². The van der Waals surface area contributed by atoms with Crippen LogP contribution in [-0.2, 0) is 6.42 Å². The van der Waals surface area contributed by atoms with Crippen molar-refractivity contribution in [1.82, 2.24) is 15.2 Å². The minimum Gasteiger partial charge on any atom is -0.469 e. The van der Waals surface area contributed by atoms with Gasteiger partial charge in [-0.2, -0.15) is 5.10 Å². The first kappa shape index (κ1) is 8.00. The molecule has 0 aliphatic heterocycles. The molecule has 3 N–H and O–H groups in total. The van der Waals surface area contributed by atoms with Crippen molar-refractivity contribution in [2.45, 2.75) is 12.5 Å². The topological polar surface area (TPSA) is 80.7 Å². The van der Waals surface area contributed by atoms with E-state index in [1.807, 2.05) is 12.1 Å². The molecule has 0 spiro atoms. The molecule has 2 rings (SSSR count). The Morgan fingerprint density at radius 2 is 2.54 bits per heavy atom. The van der Waals surface area contributed by atoms with E-state index in [1.165, 1.54) is 6.33 Å². The Labute approximate surface area is 75.0 Å². The van der Waals surface area contributed by atoms with Crippen LogP contribution in [0.2, 0.25) is 0 Å². The number of nitrogens with one attached hydrogen (secondary N) is 1. The highest BCUT2D eigenvalue weighted by Gasteiger charge is 2.10. The van der Waals surface area contributed by atoms with Crippen LogP contribution in [-0.4, -0.2) is 15.2 Å². The van der Waals surface area contributed by atoms with Crippen molar-refractivity contribution < 1.29 is 4.42 Å². The summed E-state index contributed by atoms with van der Waals surface area (Å²) >= 11 is 0. The van der Waals surface area contributed by atoms with Gasteiger partial charge in [-0.3, -0.25) is 5.10 Å². The quantitative estimate of drug-likeness (QED) is 0.722. The van der Waals surface area contributed by atoms with Crippen LogP contribution < -0.4 is 5.73 Å². The maximum absolute atomic E-state index is 5.84. The van der Waals surface area contributed by atoms with Gasteiger partial charge >= 0.3 is 0 Å². The summed E-state index contributed by atoms with van der Waals surface area (Å²) in [4.78, 5) is 3.96. The zero-order valence-electron chi connectivity index (χ0n) is 6.97. The molecule has 0 aromatic carbocycles. The van der Waals surface area contributed by atoms with Crippen LogP contribution >= 0.6 is 0 Å². The van der Waals surface area contributed by atoms with Gasteiger partial charge in [0.1, 0.15) is 17.9 Å². The fourth-order valence-corrected chi connectivity index (χ4v) is 1.14. The van der Waals surface area contributed by atoms with Crippen molar-refractivity contribution >= 4 is 0 Å². The molecule has 0 aliphatic rings. The zero-order chi connectivity index (χ0) is 9.10. The van der Waals surface area contributed by atoms with Crippen LogP contribution in [0.1, 0.15) is 17.6 Å². The standard InChI is InChI=1S/C8H10N4O/c9-7(8-10-5-11-12-8)4-6-2-1-3-13-6/h1-3,5,7H,4,9H2,(H,10,11,12). The Kier molecular flexibility index (Phi) is 2.09. The van der Waals surface area contributed by atoms with Crippen LogP contribution in [0.15, 0.2) is 29.1 Å². The number of hydrogen-bond acceptors (Lipinski definition) is 4. The fourth-order valence-electron chi connectivity index (χ4n) is 1.14. The highest BCUT2D eigenvalue weighted by Crippen LogP contribution is 2.11. The predicted octanol–water partition coefficient (Wildman–Crippen LogP) is 0.640. The second-order valence-corrected chi connectivity index (χ2v) is 2.76. The van der Waals surface area contributed by atoms with E-state index in [-0.39, 0.29) is 6.04 Å². The van der Waals surface area contributed by atoms with Crippen LogP contribution in [0.3, 0.4) is 0 Å². The van der Waals surface area contributed by atoms with E-state index in [9.17, 15) is 0 Å². The van der Waals surface area contributed by atoms with E-state index in [0.29, 0.717) is 12.2 Å². The summed E-state index contributed by atoms with van der Waals surface area (Å²) in [6.45, 7) is 0. The van der Waals surface area contributed by atoms with Crippen molar-refractivity contribution in [3.8, 4) is 0 Å². The highest BCUT2D eigenvalue weighted by atomic mass is 16.3. The van der Waals surface area contributed by atoms with Crippen LogP contribution in [0.5, 0.6) is 0 Å². The molecule has 2 aromatic heterocycles. The van der Waals surface area contributed by atoms with Gasteiger partial charge in [-0.1, -0.05) is 0 Å². The van der Waals surface area contributed by atoms with Crippen molar-refractivity contribution in [2.75, 3.05) is 0 Å². The Hall–Kier alpha value is -1.62. The molecule has 2 heterocycles. The minimum atomic E-state index is -0.186. The molecular weight excluding hydrogens is 168 g/mol. The number of nitrogens with zero attached hydrogens (tertiary/aromatic N) is 2. The first-order valence-electron chi connectivity index (χ1n) is 3.99. The van der Waals surface area contributed by atoms with Gasteiger partial charge in [0.05, 0.1) is 12.3 Å². The fraction of sp³-hybridized carbons (Fsp3) is 0.250. The molecule has 2 aromatic rings. The third kappa shape index (κ3) is 1.75. The summed E-state index contributed by atoms with van der Waals surface area (Å²) in [7, 11) is 0. The molecule has 0 fully saturated rings. The molecule has 1 atom stereocenters. The van der Waals surface area contributed by atoms with Crippen molar-refractivity contribution in [2.24, 2.45) is 5.73 Å². The second-order valence-electron chi connectivity index (χ2n) is 2.76. The van der Waals surface area contributed by atoms with Gasteiger partial charge in [0, 0.05) is 6.42 Å². The van der Waals surface area contributed by atoms with Gasteiger partial charge in [-0.05, 0) is 12.1 Å². The van der Waals surface area contributed by atoms with E-state index in [0.717, 1.165) is 5.76 Å². The molecule has 0 aliphatic carbocycles. The monoisotopic (exact) mass is 178 g/mol. The summed E-state index contributed by atoms with van der Waals surface area (Å²) in [6, 6.07) is 3.53. The molecule has 68 valence electrons. The predicted molar refractivity (Wildman–Crippen MR) is 45.7 cm³/mol. The van der Waals surface area contributed by atoms with Crippen molar-refractivity contribution in [1.29, 1.82) is 0 Å². The largest absolute Gasteiger partial charge is 0.469 e. The number of rotatable bonds is 3. The molecule has 0 saturated carbocycles. The molecule has 5 nitrogen and oxygen atoms in total. The van der Waals surface area contributed by atoms with Gasteiger partial charge in [-0.25, -0.2) is 4.98 Å². The first-order valence-corrected chi connectivity index (χ1v) is 3.99. The van der Waals surface area contributed by atoms with Crippen molar-refractivity contribution in [3.05, 3.63) is 36.3 Å². The molecule has 0 amide bonds. The molecular formula is C8H10N4O. The minimum absolute atomic E-state index is 0.186. The lowest BCUT2D eigenvalue weighted by Gasteiger charge is -2.04. The molecule has 13 heavy (non-hydrogen) atoms. The van der Waals surface area contributed by atoms with Crippen molar-refractivity contribution in [3.63, 3.8) is 0 Å². The Morgan fingerprint density at radius 3 is 3.15 bits per heavy atom. The Morgan fingerprint density at radius 1 is 1.62 bits per heavy atom. The third-order valence-electron chi connectivity index (χ3n) is 1.79. The maximum Gasteiger partial charge on any atom is 0.141 e. The zero-order valence-corrected chi connectivity index (χ0v) is 6.97. The molecule has 0 saturated heterocycles. The number of aromatic nitrogens is 3. The molecule has 0 bridgehead atoms. The van der Waals surface area contributed by atoms with Gasteiger partial charge in [0.15, 0.2) is 0 Å². The number of aromatic amines is 1. The Bertz CT molecular complexity index is 340. The second kappa shape index (κ2) is 3.40. The maximum atomic E-state index is 5.84. The van der Waals surface area contributed by atoms with Gasteiger partial charge in [0.2, 0.25) is 0 Å². The normalized spacial score (nSPS) is 13.0. The van der Waals surface area contributed by atoms with E-state index >= 15 is 0 Å². The average Bonchev–Trinajstić information content (AvgIpc) is 2.74. The van der Waals surface area contributed by atoms with Crippen LogP contribution in [0, 0.1) is 0 Å². The third-order valence-corrected chi connectivity index (χ3v) is 1.79. The molecule has 1 unspecified atom stereocenters. The van der Waals surface area contributed by atoms with Crippen LogP contribution in [0.25, 0.3) is 0 Å². The first-order chi connectivity index (χ1) is 6.36.